The van der Waals surface area contributed by atoms with Gasteiger partial charge in [0.05, 0.1) is 22.5 Å². The van der Waals surface area contributed by atoms with E-state index >= 15 is 0 Å². The summed E-state index contributed by atoms with van der Waals surface area (Å²) in [7, 11) is 0. The van der Waals surface area contributed by atoms with Crippen LogP contribution < -0.4 is 10.6 Å². The van der Waals surface area contributed by atoms with Crippen LogP contribution in [0.25, 0.3) is 0 Å². The molecule has 3 rings (SSSR count). The van der Waals surface area contributed by atoms with Crippen molar-refractivity contribution in [1.29, 1.82) is 0 Å². The molecule has 2 amide bonds. The van der Waals surface area contributed by atoms with Crippen molar-refractivity contribution in [2.45, 2.75) is 38.0 Å². The van der Waals surface area contributed by atoms with E-state index in [9.17, 15) is 4.79 Å². The minimum Gasteiger partial charge on any atom is -0.376 e. The van der Waals surface area contributed by atoms with Crippen molar-refractivity contribution in [2.24, 2.45) is 5.92 Å². The number of nitrogens with one attached hydrogen (secondary N) is 2. The van der Waals surface area contributed by atoms with E-state index in [1.165, 1.54) is 12.8 Å². The van der Waals surface area contributed by atoms with Gasteiger partial charge in [0.15, 0.2) is 0 Å². The second kappa shape index (κ2) is 5.81. The molecule has 1 saturated carbocycles. The molecule has 4 nitrogen and oxygen atoms in total. The van der Waals surface area contributed by atoms with Crippen LogP contribution in [0.3, 0.4) is 0 Å². The molecule has 19 heavy (non-hydrogen) atoms. The van der Waals surface area contributed by atoms with Crippen LogP contribution in [0.5, 0.6) is 0 Å². The molecule has 0 unspecified atom stereocenters. The fourth-order valence-electron chi connectivity index (χ4n) is 2.49. The van der Waals surface area contributed by atoms with Crippen LogP contribution in [0.2, 0.25) is 0 Å². The molecule has 2 N–H and O–H groups in total. The Morgan fingerprint density at radius 2 is 2.26 bits per heavy atom. The Morgan fingerprint density at radius 3 is 2.95 bits per heavy atom. The molecule has 0 bridgehead atoms. The van der Waals surface area contributed by atoms with Crippen molar-refractivity contribution >= 4 is 33.3 Å². The lowest BCUT2D eigenvalue weighted by Gasteiger charge is -2.19. The molecule has 2 aliphatic rings. The van der Waals surface area contributed by atoms with Gasteiger partial charge in [0.1, 0.15) is 0 Å². The van der Waals surface area contributed by atoms with Crippen LogP contribution in [0, 0.1) is 5.92 Å². The third-order valence-corrected chi connectivity index (χ3v) is 5.21. The monoisotopic (exact) mass is 344 g/mol. The molecule has 1 saturated heterocycles. The average Bonchev–Trinajstić information content (AvgIpc) is 2.99. The lowest BCUT2D eigenvalue weighted by atomic mass is 10.1. The topological polar surface area (TPSA) is 50.4 Å². The zero-order valence-electron chi connectivity index (χ0n) is 10.5. The number of hydrogen-bond donors (Lipinski definition) is 2. The lowest BCUT2D eigenvalue weighted by Crippen LogP contribution is -2.46. The smallest absolute Gasteiger partial charge is 0.315 e. The number of amides is 2. The van der Waals surface area contributed by atoms with Crippen LogP contribution in [0.15, 0.2) is 15.9 Å². The fourth-order valence-corrected chi connectivity index (χ4v) is 3.91. The largest absolute Gasteiger partial charge is 0.376 e. The summed E-state index contributed by atoms with van der Waals surface area (Å²) in [5, 5.41) is 5.95. The summed E-state index contributed by atoms with van der Waals surface area (Å²) >= 11 is 5.05. The van der Waals surface area contributed by atoms with Gasteiger partial charge in [-0.25, -0.2) is 4.79 Å². The Bertz CT molecular complexity index is 461. The Hall–Kier alpha value is -0.590. The number of urea groups is 1. The molecule has 2 fully saturated rings. The summed E-state index contributed by atoms with van der Waals surface area (Å²) in [6, 6.07) is 4.10. The van der Waals surface area contributed by atoms with Gasteiger partial charge in [0, 0.05) is 11.5 Å². The van der Waals surface area contributed by atoms with Gasteiger partial charge < -0.3 is 15.4 Å². The van der Waals surface area contributed by atoms with Crippen LogP contribution in [0.4, 0.5) is 4.79 Å². The maximum absolute atomic E-state index is 11.9. The van der Waals surface area contributed by atoms with Crippen LogP contribution in [-0.2, 0) is 11.3 Å². The number of halogens is 1. The Kier molecular flexibility index (Phi) is 4.10. The van der Waals surface area contributed by atoms with Crippen molar-refractivity contribution in [3.8, 4) is 0 Å². The van der Waals surface area contributed by atoms with E-state index in [-0.39, 0.29) is 18.2 Å². The van der Waals surface area contributed by atoms with E-state index in [1.807, 2.05) is 12.1 Å². The number of rotatable bonds is 4. The van der Waals surface area contributed by atoms with Gasteiger partial charge in [-0.3, -0.25) is 0 Å². The molecule has 1 aliphatic heterocycles. The number of thiophene rings is 1. The molecule has 2 heterocycles. The van der Waals surface area contributed by atoms with Gasteiger partial charge in [-0.05, 0) is 53.2 Å². The van der Waals surface area contributed by atoms with E-state index in [1.54, 1.807) is 11.3 Å². The van der Waals surface area contributed by atoms with E-state index in [4.69, 9.17) is 4.74 Å². The molecule has 0 spiro atoms. The number of hydrogen-bond acceptors (Lipinski definition) is 3. The predicted octanol–water partition coefficient (Wildman–Crippen LogP) is 2.88. The molecule has 104 valence electrons. The van der Waals surface area contributed by atoms with Crippen molar-refractivity contribution in [2.75, 3.05) is 6.61 Å². The summed E-state index contributed by atoms with van der Waals surface area (Å²) in [6.45, 7) is 1.34. The maximum Gasteiger partial charge on any atom is 0.315 e. The quantitative estimate of drug-likeness (QED) is 0.882. The maximum atomic E-state index is 11.9. The van der Waals surface area contributed by atoms with Crippen molar-refractivity contribution in [1.82, 2.24) is 10.6 Å². The summed E-state index contributed by atoms with van der Waals surface area (Å²) in [6.07, 6.45) is 3.65. The minimum absolute atomic E-state index is 0.0920. The van der Waals surface area contributed by atoms with Crippen LogP contribution >= 0.6 is 27.3 Å². The van der Waals surface area contributed by atoms with Gasteiger partial charge in [-0.15, -0.1) is 11.3 Å². The summed E-state index contributed by atoms with van der Waals surface area (Å²) in [4.78, 5) is 13.0. The van der Waals surface area contributed by atoms with Gasteiger partial charge in [-0.2, -0.15) is 0 Å². The van der Waals surface area contributed by atoms with Gasteiger partial charge in [0.25, 0.3) is 0 Å². The molecule has 1 aliphatic carbocycles. The number of carbonyl (C=O) groups excluding carboxylic acids is 1. The molecule has 2 atom stereocenters. The van der Waals surface area contributed by atoms with Gasteiger partial charge in [-0.1, -0.05) is 0 Å². The summed E-state index contributed by atoms with van der Waals surface area (Å²) < 4.78 is 6.80. The average molecular weight is 345 g/mol. The summed E-state index contributed by atoms with van der Waals surface area (Å²) in [5.41, 5.74) is 0. The normalized spacial score (nSPS) is 26.4. The highest BCUT2D eigenvalue weighted by atomic mass is 79.9. The first-order valence-corrected chi connectivity index (χ1v) is 8.23. The standard InChI is InChI=1S/C13H17BrN2O2S/c14-11-4-3-9(19-11)7-15-13(17)16-10-5-6-18-12(10)8-1-2-8/h3-4,8,10,12H,1-2,5-7H2,(H2,15,16,17)/t10-,12+/m1/s1. The van der Waals surface area contributed by atoms with Crippen molar-refractivity contribution in [3.63, 3.8) is 0 Å². The second-order valence-corrected chi connectivity index (χ2v) is 7.65. The van der Waals surface area contributed by atoms with Crippen LogP contribution in [-0.4, -0.2) is 24.8 Å². The Labute approximate surface area is 125 Å². The third kappa shape index (κ3) is 3.49. The molecule has 0 aromatic carbocycles. The third-order valence-electron chi connectivity index (χ3n) is 3.59. The molecular formula is C13H17BrN2O2S. The number of ether oxygens (including phenoxy) is 1. The molecular weight excluding hydrogens is 328 g/mol. The van der Waals surface area contributed by atoms with E-state index in [2.05, 4.69) is 26.6 Å². The zero-order valence-corrected chi connectivity index (χ0v) is 12.9. The highest BCUT2D eigenvalue weighted by Gasteiger charge is 2.41. The lowest BCUT2D eigenvalue weighted by molar-refractivity contribution is 0.0825. The Balaban J connectivity index is 1.45. The highest BCUT2D eigenvalue weighted by molar-refractivity contribution is 9.11. The first-order valence-electron chi connectivity index (χ1n) is 6.62. The highest BCUT2D eigenvalue weighted by Crippen LogP contribution is 2.38. The van der Waals surface area contributed by atoms with E-state index < -0.39 is 0 Å². The number of carbonyl (C=O) groups is 1. The fraction of sp³-hybridized carbons (Fsp3) is 0.615. The first kappa shape index (κ1) is 13.4. The summed E-state index contributed by atoms with van der Waals surface area (Å²) in [5.74, 6) is 0.668. The predicted molar refractivity (Wildman–Crippen MR) is 78.3 cm³/mol. The van der Waals surface area contributed by atoms with Gasteiger partial charge in [0.2, 0.25) is 0 Å². The molecule has 1 aromatic rings. The molecule has 6 heteroatoms. The van der Waals surface area contributed by atoms with E-state index in [0.717, 1.165) is 21.7 Å². The minimum atomic E-state index is -0.0920. The zero-order chi connectivity index (χ0) is 13.2. The SMILES string of the molecule is O=C(NCc1ccc(Br)s1)N[C@@H]1CCO[C@H]1C1CC1. The van der Waals surface area contributed by atoms with Crippen molar-refractivity contribution < 1.29 is 9.53 Å². The first-order chi connectivity index (χ1) is 9.22. The molecule has 1 aromatic heterocycles. The van der Waals surface area contributed by atoms with Crippen molar-refractivity contribution in [3.05, 3.63) is 20.8 Å². The Morgan fingerprint density at radius 1 is 1.42 bits per heavy atom. The van der Waals surface area contributed by atoms with Crippen LogP contribution in [0.1, 0.15) is 24.1 Å². The second-order valence-electron chi connectivity index (χ2n) is 5.10. The molecule has 0 radical (unpaired) electrons. The van der Waals surface area contributed by atoms with Gasteiger partial charge >= 0.3 is 6.03 Å². The van der Waals surface area contributed by atoms with E-state index in [0.29, 0.717) is 12.5 Å².